The molecule has 1 spiro atoms. The first kappa shape index (κ1) is 45.8. The number of nitrogens with zero attached hydrogens (tertiary/aromatic N) is 4. The zero-order valence-electron chi connectivity index (χ0n) is 35.5. The van der Waals surface area contributed by atoms with E-state index < -0.39 is 95.7 Å². The predicted molar refractivity (Wildman–Crippen MR) is 221 cm³/mol. The van der Waals surface area contributed by atoms with Gasteiger partial charge < -0.3 is 51.1 Å². The summed E-state index contributed by atoms with van der Waals surface area (Å²) < 4.78 is 28.4. The van der Waals surface area contributed by atoms with Crippen LogP contribution in [0.3, 0.4) is 0 Å². The lowest BCUT2D eigenvalue weighted by Gasteiger charge is -2.39. The van der Waals surface area contributed by atoms with E-state index in [9.17, 15) is 52.6 Å². The fraction of sp³-hybridized carbons (Fsp3) is 0.558. The Labute approximate surface area is 358 Å². The van der Waals surface area contributed by atoms with Crippen LogP contribution in [0.2, 0.25) is 0 Å². The number of anilines is 2. The van der Waals surface area contributed by atoms with Gasteiger partial charge in [0.25, 0.3) is 0 Å². The van der Waals surface area contributed by atoms with Crippen molar-refractivity contribution in [2.45, 2.75) is 114 Å². The third kappa shape index (κ3) is 10.2. The first-order valence-electron chi connectivity index (χ1n) is 21.0. The van der Waals surface area contributed by atoms with Crippen molar-refractivity contribution in [3.63, 3.8) is 0 Å². The SMILES string of the molecule is C[C@H]1CN(C(=O)[C@H](C)NC(=O)[C@@H]2CCCCN2C(=O)[C@@H]2C[C@@H](O)CN2C(=O)[C@@H](NC(=O)[C@H](Cc2cc(F)cc(F)c2)NC(=O)Nc2ccc(N(C)C)cc2)[C@H](C)O)[C@@]2(CC2=O)C1. The molecule has 336 valence electrons. The van der Waals surface area contributed by atoms with Crippen molar-refractivity contribution in [3.8, 4) is 0 Å². The summed E-state index contributed by atoms with van der Waals surface area (Å²) in [4.78, 5) is 101. The summed E-state index contributed by atoms with van der Waals surface area (Å²) in [7, 11) is 3.68. The number of hydrogen-bond donors (Lipinski definition) is 6. The molecule has 0 bridgehead atoms. The van der Waals surface area contributed by atoms with Crippen molar-refractivity contribution in [2.75, 3.05) is 43.9 Å². The molecule has 6 rings (SSSR count). The van der Waals surface area contributed by atoms with Crippen LogP contribution in [0.4, 0.5) is 25.0 Å². The predicted octanol–water partition coefficient (Wildman–Crippen LogP) is 1.06. The van der Waals surface area contributed by atoms with E-state index in [4.69, 9.17) is 0 Å². The minimum atomic E-state index is -1.72. The molecule has 0 radical (unpaired) electrons. The number of amides is 7. The summed E-state index contributed by atoms with van der Waals surface area (Å²) in [6.45, 7) is 4.90. The summed E-state index contributed by atoms with van der Waals surface area (Å²) in [5, 5.41) is 31.9. The van der Waals surface area contributed by atoms with Crippen LogP contribution in [0, 0.1) is 17.6 Å². The van der Waals surface area contributed by atoms with Crippen LogP contribution in [0.5, 0.6) is 0 Å². The zero-order valence-corrected chi connectivity index (χ0v) is 35.5. The number of hydrogen-bond acceptors (Lipinski definition) is 10. The summed E-state index contributed by atoms with van der Waals surface area (Å²) in [5.41, 5.74) is 0.402. The van der Waals surface area contributed by atoms with Gasteiger partial charge in [-0.2, -0.15) is 0 Å². The second-order valence-corrected chi connectivity index (χ2v) is 17.4. The van der Waals surface area contributed by atoms with Crippen LogP contribution >= 0.6 is 0 Å². The Morgan fingerprint density at radius 2 is 1.56 bits per heavy atom. The van der Waals surface area contributed by atoms with Gasteiger partial charge >= 0.3 is 6.03 Å². The van der Waals surface area contributed by atoms with Gasteiger partial charge in [-0.05, 0) is 87.4 Å². The van der Waals surface area contributed by atoms with E-state index in [0.717, 1.165) is 22.7 Å². The normalized spacial score (nSPS) is 25.1. The summed E-state index contributed by atoms with van der Waals surface area (Å²) in [6, 6.07) is 1.91. The van der Waals surface area contributed by atoms with Crippen molar-refractivity contribution >= 4 is 52.7 Å². The third-order valence-corrected chi connectivity index (χ3v) is 12.1. The van der Waals surface area contributed by atoms with Crippen LogP contribution in [-0.4, -0.2) is 148 Å². The Balaban J connectivity index is 1.15. The van der Waals surface area contributed by atoms with E-state index >= 15 is 0 Å². The molecule has 3 aliphatic heterocycles. The second kappa shape index (κ2) is 18.7. The number of carbonyl (C=O) groups excluding carboxylic acids is 7. The number of β-amino-alcohol motifs (C(OH)–C–C–N with tert-alkyl or cyclic N) is 1. The average molecular weight is 867 g/mol. The van der Waals surface area contributed by atoms with Crippen LogP contribution < -0.4 is 26.2 Å². The maximum absolute atomic E-state index is 14.3. The number of carbonyl (C=O) groups is 7. The smallest absolute Gasteiger partial charge is 0.319 e. The van der Waals surface area contributed by atoms with Gasteiger partial charge in [-0.25, -0.2) is 13.6 Å². The van der Waals surface area contributed by atoms with Gasteiger partial charge in [-0.1, -0.05) is 6.92 Å². The lowest BCUT2D eigenvalue weighted by Crippen LogP contribution is -2.62. The van der Waals surface area contributed by atoms with Crippen LogP contribution in [-0.2, 0) is 35.2 Å². The number of aliphatic hydroxyl groups excluding tert-OH is 2. The second-order valence-electron chi connectivity index (χ2n) is 17.4. The Morgan fingerprint density at radius 1 is 0.903 bits per heavy atom. The molecular weight excluding hydrogens is 811 g/mol. The van der Waals surface area contributed by atoms with Gasteiger partial charge in [0, 0.05) is 70.4 Å². The fourth-order valence-electron chi connectivity index (χ4n) is 8.91. The summed E-state index contributed by atoms with van der Waals surface area (Å²) in [5.74, 6) is -5.30. The van der Waals surface area contributed by atoms with Gasteiger partial charge in [0.2, 0.25) is 29.5 Å². The maximum Gasteiger partial charge on any atom is 0.319 e. The highest BCUT2D eigenvalue weighted by Gasteiger charge is 2.63. The van der Waals surface area contributed by atoms with Crippen molar-refractivity contribution in [2.24, 2.45) is 5.92 Å². The standard InChI is InChI=1S/C43H56F2N8O9/c1-23-19-43(20-35(43)56)53(21-23)39(59)24(2)46-38(58)33-8-6-7-13-51(33)40(60)34-18-31(55)22-52(34)41(61)36(25(3)54)49-37(57)32(16-26-14-27(44)17-28(45)15-26)48-42(62)47-29-9-11-30(12-10-29)50(4)5/h9-12,14-15,17,23-25,31-34,36,54-55H,6-8,13,16,18-22H2,1-5H3,(H,46,58)(H,49,57)(H2,47,48,62)/t23-,24+,25+,31-,32+,33+,34+,36+,43-/m1/s1. The van der Waals surface area contributed by atoms with Crippen molar-refractivity contribution < 1.29 is 52.6 Å². The number of ketones is 1. The number of likely N-dealkylation sites (tertiary alicyclic amines) is 3. The molecule has 6 N–H and O–H groups in total. The van der Waals surface area contributed by atoms with Crippen molar-refractivity contribution in [3.05, 3.63) is 59.7 Å². The highest BCUT2D eigenvalue weighted by atomic mass is 19.1. The summed E-state index contributed by atoms with van der Waals surface area (Å²) in [6.07, 6.45) is -1.15. The zero-order chi connectivity index (χ0) is 45.2. The molecule has 17 nitrogen and oxygen atoms in total. The monoisotopic (exact) mass is 866 g/mol. The number of Topliss-reactive ketones (excluding diaryl/α,β-unsaturated/α-hetero) is 1. The highest BCUT2D eigenvalue weighted by Crippen LogP contribution is 2.48. The van der Waals surface area contributed by atoms with Gasteiger partial charge in [-0.15, -0.1) is 0 Å². The van der Waals surface area contributed by atoms with E-state index in [1.54, 1.807) is 29.2 Å². The number of urea groups is 1. The van der Waals surface area contributed by atoms with Crippen molar-refractivity contribution in [1.29, 1.82) is 0 Å². The van der Waals surface area contributed by atoms with Gasteiger partial charge in [-0.3, -0.25) is 28.8 Å². The fourth-order valence-corrected chi connectivity index (χ4v) is 8.91. The molecule has 3 heterocycles. The molecule has 3 saturated heterocycles. The molecule has 19 heteroatoms. The Bertz CT molecular complexity index is 2050. The third-order valence-electron chi connectivity index (χ3n) is 12.1. The van der Waals surface area contributed by atoms with E-state index in [-0.39, 0.29) is 55.5 Å². The maximum atomic E-state index is 14.3. The Hall–Kier alpha value is -5.69. The van der Waals surface area contributed by atoms with Crippen LogP contribution in [0.25, 0.3) is 0 Å². The van der Waals surface area contributed by atoms with Gasteiger partial charge in [0.1, 0.15) is 47.4 Å². The number of halogens is 2. The molecule has 7 amide bonds. The molecule has 62 heavy (non-hydrogen) atoms. The number of piperidine rings is 1. The van der Waals surface area contributed by atoms with E-state index in [2.05, 4.69) is 21.3 Å². The van der Waals surface area contributed by atoms with E-state index in [1.807, 2.05) is 25.9 Å². The average Bonchev–Trinajstić information content (AvgIpc) is 3.49. The molecule has 2 aromatic carbocycles. The molecule has 1 aliphatic carbocycles. The number of aliphatic hydroxyl groups is 2. The molecular formula is C43H56F2N8O9. The number of benzene rings is 2. The van der Waals surface area contributed by atoms with E-state index in [1.165, 1.54) is 18.7 Å². The number of nitrogens with one attached hydrogen (secondary N) is 4. The Kier molecular flexibility index (Phi) is 13.8. The first-order chi connectivity index (χ1) is 29.3. The quantitative estimate of drug-likeness (QED) is 0.168. The number of rotatable bonds is 13. The largest absolute Gasteiger partial charge is 0.391 e. The molecule has 2 aromatic rings. The molecule has 1 saturated carbocycles. The lowest BCUT2D eigenvalue weighted by atomic mass is 9.99. The summed E-state index contributed by atoms with van der Waals surface area (Å²) >= 11 is 0. The van der Waals surface area contributed by atoms with Gasteiger partial charge in [0.05, 0.1) is 12.2 Å². The lowest BCUT2D eigenvalue weighted by molar-refractivity contribution is -0.152. The van der Waals surface area contributed by atoms with Crippen LogP contribution in [0.1, 0.15) is 64.9 Å². The highest BCUT2D eigenvalue weighted by molar-refractivity contribution is 6.09. The molecule has 9 atom stereocenters. The molecule has 4 aliphatic rings. The molecule has 4 fully saturated rings. The van der Waals surface area contributed by atoms with Crippen LogP contribution in [0.15, 0.2) is 42.5 Å². The minimum Gasteiger partial charge on any atom is -0.391 e. The van der Waals surface area contributed by atoms with Crippen molar-refractivity contribution in [1.82, 2.24) is 30.7 Å². The minimum absolute atomic E-state index is 0.00186. The molecule has 0 aromatic heterocycles. The molecule has 0 unspecified atom stereocenters. The van der Waals surface area contributed by atoms with Gasteiger partial charge in [0.15, 0.2) is 5.78 Å². The first-order valence-corrected chi connectivity index (χ1v) is 21.0. The Morgan fingerprint density at radius 3 is 2.18 bits per heavy atom. The van der Waals surface area contributed by atoms with E-state index in [0.29, 0.717) is 37.6 Å². The topological polar surface area (TPSA) is 221 Å².